The first-order valence-corrected chi connectivity index (χ1v) is 20.7. The molecule has 33 heteroatoms. The van der Waals surface area contributed by atoms with Gasteiger partial charge in [-0.3, -0.25) is 28.0 Å². The fourth-order valence-corrected chi connectivity index (χ4v) is 10.6. The minimum absolute atomic E-state index is 0.00676. The van der Waals surface area contributed by atoms with Crippen LogP contribution in [0.15, 0.2) is 23.8 Å². The third-order valence-corrected chi connectivity index (χ3v) is 13.4. The highest BCUT2D eigenvalue weighted by molar-refractivity contribution is 7.74. The van der Waals surface area contributed by atoms with E-state index < -0.39 is 100 Å². The lowest BCUT2D eigenvalue weighted by molar-refractivity contribution is -0.109. The van der Waals surface area contributed by atoms with Crippen LogP contribution >= 0.6 is 30.9 Å². The fourth-order valence-electron chi connectivity index (χ4n) is 4.35. The molecule has 4 unspecified atom stereocenters. The molecule has 0 saturated carbocycles. The van der Waals surface area contributed by atoms with Gasteiger partial charge in [-0.2, -0.15) is 9.29 Å². The number of nitrogens with zero attached hydrogens (tertiary/aromatic N) is 7. The maximum Gasteiger partial charge on any atom is 0.480 e. The molecule has 0 aliphatic heterocycles. The second-order valence-corrected chi connectivity index (χ2v) is 17.4. The summed E-state index contributed by atoms with van der Waals surface area (Å²) in [6.45, 7) is -4.73. The first-order chi connectivity index (χ1) is 24.7. The van der Waals surface area contributed by atoms with E-state index in [1.54, 1.807) is 0 Å². The molecule has 4 rings (SSSR count). The number of H-pyrrole nitrogens is 1. The number of imidazole rings is 2. The van der Waals surface area contributed by atoms with Crippen LogP contribution in [0.3, 0.4) is 0 Å². The van der Waals surface area contributed by atoms with Gasteiger partial charge in [-0.25, -0.2) is 37.9 Å². The maximum atomic E-state index is 12.7. The van der Waals surface area contributed by atoms with E-state index >= 15 is 0 Å². The summed E-state index contributed by atoms with van der Waals surface area (Å²) >= 11 is 0. The van der Waals surface area contributed by atoms with E-state index in [1.807, 2.05) is 0 Å². The third-order valence-electron chi connectivity index (χ3n) is 6.44. The van der Waals surface area contributed by atoms with Crippen molar-refractivity contribution in [2.45, 2.75) is 24.7 Å². The molecule has 53 heavy (non-hydrogen) atoms. The zero-order valence-electron chi connectivity index (χ0n) is 26.5. The average Bonchev–Trinajstić information content (AvgIpc) is 3.67. The van der Waals surface area contributed by atoms with Crippen molar-refractivity contribution in [2.75, 3.05) is 50.7 Å². The number of aliphatic hydroxyl groups is 4. The van der Waals surface area contributed by atoms with Gasteiger partial charge in [0.1, 0.15) is 17.9 Å². The Morgan fingerprint density at radius 3 is 1.94 bits per heavy atom. The van der Waals surface area contributed by atoms with Gasteiger partial charge in [0, 0.05) is 0 Å². The number of rotatable bonds is 21. The standard InChI is InChI=1S/C20H33N11O18P4/c21-16-14-17(24-7-23-16)30(8-25-14)12(3-34)46-10(1-32)5-45-53(43,44)49-52(41,42)29-51(39,40)48-50(37,38)6-11(2-33)47-13(4-35)31-9-26-15-18(31)27-20(22)28-19(15)36/h7-13,32-35H,1-6H2,(H,37,38)(H,43,44)(H2,21,23,24)(H3,22,27,28,36)(H3,29,39,40,41,42)/t10-,11-,12+,13+/m0/s1. The zero-order valence-corrected chi connectivity index (χ0v) is 30.1. The number of aliphatic hydroxyl groups excluding tert-OH is 4. The van der Waals surface area contributed by atoms with Crippen molar-refractivity contribution in [3.8, 4) is 0 Å². The number of anilines is 2. The molecule has 4 aromatic heterocycles. The highest BCUT2D eigenvalue weighted by atomic mass is 31.3. The van der Waals surface area contributed by atoms with Crippen molar-refractivity contribution in [1.29, 1.82) is 0 Å². The molecule has 0 aromatic carbocycles. The van der Waals surface area contributed by atoms with Crippen LogP contribution in [0.2, 0.25) is 0 Å². The Morgan fingerprint density at radius 1 is 0.774 bits per heavy atom. The summed E-state index contributed by atoms with van der Waals surface area (Å²) in [6.07, 6.45) is -4.26. The largest absolute Gasteiger partial charge is 0.480 e. The number of phosphoric ester groups is 1. The smallest absolute Gasteiger partial charge is 0.394 e. The predicted octanol–water partition coefficient (Wildman–Crippen LogP) is -3.01. The Labute approximate surface area is 294 Å². The van der Waals surface area contributed by atoms with Gasteiger partial charge < -0.3 is 60.9 Å². The van der Waals surface area contributed by atoms with Gasteiger partial charge in [-0.1, -0.05) is 0 Å². The molecule has 0 aliphatic carbocycles. The number of fused-ring (bicyclic) bond motifs is 2. The van der Waals surface area contributed by atoms with Gasteiger partial charge in [0.15, 0.2) is 35.1 Å². The molecular formula is C20H33N11O18P4. The highest BCUT2D eigenvalue weighted by Crippen LogP contribution is 2.66. The molecule has 0 aliphatic rings. The molecule has 0 bridgehead atoms. The molecule has 0 amide bonds. The van der Waals surface area contributed by atoms with Crippen molar-refractivity contribution in [2.24, 2.45) is 0 Å². The third kappa shape index (κ3) is 11.2. The number of hydrogen-bond acceptors (Lipinski definition) is 21. The summed E-state index contributed by atoms with van der Waals surface area (Å²) in [5.41, 5.74) is 10.3. The van der Waals surface area contributed by atoms with Crippen LogP contribution in [0.5, 0.6) is 0 Å². The van der Waals surface area contributed by atoms with Crippen molar-refractivity contribution >= 4 is 65.0 Å². The van der Waals surface area contributed by atoms with E-state index in [2.05, 4.69) is 43.0 Å². The van der Waals surface area contributed by atoms with Crippen molar-refractivity contribution in [3.63, 3.8) is 0 Å². The summed E-state index contributed by atoms with van der Waals surface area (Å²) < 4.78 is 75.9. The summed E-state index contributed by atoms with van der Waals surface area (Å²) in [5.74, 6) is -0.348. The van der Waals surface area contributed by atoms with Gasteiger partial charge in [-0.05, 0) is 0 Å². The predicted molar refractivity (Wildman–Crippen MR) is 174 cm³/mol. The molecule has 4 heterocycles. The van der Waals surface area contributed by atoms with Crippen LogP contribution < -0.4 is 21.9 Å². The Morgan fingerprint density at radius 2 is 1.34 bits per heavy atom. The minimum Gasteiger partial charge on any atom is -0.394 e. The second kappa shape index (κ2) is 17.1. The van der Waals surface area contributed by atoms with Crippen LogP contribution in [-0.2, 0) is 40.9 Å². The van der Waals surface area contributed by atoms with E-state index in [0.717, 1.165) is 28.4 Å². The van der Waals surface area contributed by atoms with E-state index in [9.17, 15) is 63.1 Å². The summed E-state index contributed by atoms with van der Waals surface area (Å²) in [7, 11) is -23.0. The molecule has 0 spiro atoms. The van der Waals surface area contributed by atoms with Crippen LogP contribution in [0.25, 0.3) is 22.3 Å². The lowest BCUT2D eigenvalue weighted by atomic mass is 10.4. The first-order valence-electron chi connectivity index (χ1n) is 14.3. The monoisotopic (exact) mass is 839 g/mol. The van der Waals surface area contributed by atoms with Crippen LogP contribution in [0, 0.1) is 0 Å². The normalized spacial score (nSPS) is 19.2. The van der Waals surface area contributed by atoms with E-state index in [1.165, 1.54) is 4.57 Å². The summed E-state index contributed by atoms with van der Waals surface area (Å²) in [5, 5.41) is 39.1. The van der Waals surface area contributed by atoms with Crippen LogP contribution in [-0.4, -0.2) is 130 Å². The Kier molecular flexibility index (Phi) is 13.8. The van der Waals surface area contributed by atoms with Gasteiger partial charge in [-0.15, -0.1) is 4.86 Å². The van der Waals surface area contributed by atoms with E-state index in [0.29, 0.717) is 0 Å². The quantitative estimate of drug-likeness (QED) is 0.0372. The SMILES string of the molecule is Nc1nc2c(ncn2[C@@H](CO)O[C@@H](CO)CP(=O)(O)OP(=O)(O)NP(=O)(O)OP(=O)(O)OC[C@H](CO)O[C@H](CO)n2cnc3c(N)ncnc32)c(=O)[nH]1. The van der Waals surface area contributed by atoms with Gasteiger partial charge >= 0.3 is 30.9 Å². The molecule has 296 valence electrons. The lowest BCUT2D eigenvalue weighted by Gasteiger charge is -2.26. The zero-order chi connectivity index (χ0) is 39.4. The van der Waals surface area contributed by atoms with Crippen molar-refractivity contribution in [3.05, 3.63) is 29.3 Å². The average molecular weight is 839 g/mol. The lowest BCUT2D eigenvalue weighted by Crippen LogP contribution is -2.30. The number of hydrogen-bond donors (Lipinski definition) is 12. The number of ether oxygens (including phenoxy) is 2. The van der Waals surface area contributed by atoms with Crippen LogP contribution in [0.4, 0.5) is 11.8 Å². The number of aromatic nitrogens is 8. The molecule has 14 N–H and O–H groups in total. The molecule has 8 atom stereocenters. The number of nitrogens with one attached hydrogen (secondary N) is 2. The van der Waals surface area contributed by atoms with E-state index in [4.69, 9.17) is 20.9 Å². The second-order valence-electron chi connectivity index (χ2n) is 10.4. The van der Waals surface area contributed by atoms with Gasteiger partial charge in [0.2, 0.25) is 5.95 Å². The molecular weight excluding hydrogens is 806 g/mol. The molecule has 0 radical (unpaired) electrons. The Bertz CT molecular complexity index is 2150. The number of nitrogen functional groups attached to an aromatic ring is 2. The molecule has 4 aromatic rings. The first kappa shape index (κ1) is 42.6. The van der Waals surface area contributed by atoms with Crippen molar-refractivity contribution < 1.29 is 80.9 Å². The van der Waals surface area contributed by atoms with Crippen LogP contribution in [0.1, 0.15) is 12.5 Å². The Hall–Kier alpha value is -3.14. The Balaban J connectivity index is 1.35. The van der Waals surface area contributed by atoms with E-state index in [-0.39, 0.29) is 34.1 Å². The number of nitrogens with two attached hydrogens (primary N) is 2. The van der Waals surface area contributed by atoms with Gasteiger partial charge in [0.25, 0.3) is 5.56 Å². The molecule has 0 fully saturated rings. The summed E-state index contributed by atoms with van der Waals surface area (Å²) in [4.78, 5) is 74.7. The minimum atomic E-state index is -5.94. The number of phosphoric acid groups is 1. The maximum absolute atomic E-state index is 12.7. The topological polar surface area (TPSA) is 448 Å². The van der Waals surface area contributed by atoms with Crippen molar-refractivity contribution in [1.82, 2.24) is 43.9 Å². The highest BCUT2D eigenvalue weighted by Gasteiger charge is 2.44. The molecule has 29 nitrogen and oxygen atoms in total. The number of aromatic amines is 1. The summed E-state index contributed by atoms with van der Waals surface area (Å²) in [6, 6.07) is 0. The molecule has 0 saturated heterocycles. The van der Waals surface area contributed by atoms with Gasteiger partial charge in [0.05, 0.1) is 58.0 Å². The fraction of sp³-hybridized carbons (Fsp3) is 0.500.